The van der Waals surface area contributed by atoms with Crippen LogP contribution in [0.5, 0.6) is 0 Å². The summed E-state index contributed by atoms with van der Waals surface area (Å²) < 4.78 is 5.52. The third-order valence-electron chi connectivity index (χ3n) is 3.70. The largest absolute Gasteiger partial charge is 0.422 e. The van der Waals surface area contributed by atoms with Gasteiger partial charge in [-0.2, -0.15) is 0 Å². The average Bonchev–Trinajstić information content (AvgIpc) is 2.94. The Morgan fingerprint density at radius 3 is 2.64 bits per heavy atom. The molecule has 1 aromatic carbocycles. The molecular weight excluding hydrogens is 296 g/mol. The van der Waals surface area contributed by atoms with E-state index in [-0.39, 0.29) is 5.63 Å². The van der Waals surface area contributed by atoms with Crippen molar-refractivity contribution in [1.29, 1.82) is 0 Å². The lowest BCUT2D eigenvalue weighted by Gasteiger charge is -2.20. The van der Waals surface area contributed by atoms with Gasteiger partial charge in [-0.3, -0.25) is 0 Å². The van der Waals surface area contributed by atoms with Gasteiger partial charge in [0.05, 0.1) is 5.56 Å². The minimum Gasteiger partial charge on any atom is -0.422 e. The van der Waals surface area contributed by atoms with E-state index in [9.17, 15) is 4.79 Å². The van der Waals surface area contributed by atoms with Gasteiger partial charge in [0.25, 0.3) is 0 Å². The van der Waals surface area contributed by atoms with Crippen LogP contribution in [0.3, 0.4) is 0 Å². The molecule has 3 aromatic rings. The second-order valence-corrected chi connectivity index (χ2v) is 5.99. The maximum atomic E-state index is 12.2. The Morgan fingerprint density at radius 2 is 2.00 bits per heavy atom. The molecule has 114 valence electrons. The zero-order valence-corrected chi connectivity index (χ0v) is 13.7. The van der Waals surface area contributed by atoms with Gasteiger partial charge in [0.2, 0.25) is 0 Å². The van der Waals surface area contributed by atoms with Crippen LogP contribution in [0.1, 0.15) is 19.5 Å². The van der Waals surface area contributed by atoms with E-state index in [0.717, 1.165) is 29.9 Å². The number of anilines is 1. The number of aryl methyl sites for hydroxylation is 1. The predicted octanol–water partition coefficient (Wildman–Crippen LogP) is 4.07. The standard InChI is InChI=1S/C17H18N2O2S/c1-4-19(5-2)13-7-6-12-8-14(16-18-11(3)10-22-16)17(20)21-15(12)9-13/h6-10H,4-5H2,1-3H3. The van der Waals surface area contributed by atoms with Crippen LogP contribution in [0.25, 0.3) is 21.5 Å². The van der Waals surface area contributed by atoms with Gasteiger partial charge in [-0.15, -0.1) is 11.3 Å². The maximum absolute atomic E-state index is 12.2. The topological polar surface area (TPSA) is 46.3 Å². The van der Waals surface area contributed by atoms with Crippen molar-refractivity contribution in [2.45, 2.75) is 20.8 Å². The highest BCUT2D eigenvalue weighted by atomic mass is 32.1. The molecule has 0 aliphatic heterocycles. The van der Waals surface area contributed by atoms with Crippen molar-refractivity contribution in [3.8, 4) is 10.6 Å². The Hall–Kier alpha value is -2.14. The smallest absolute Gasteiger partial charge is 0.346 e. The number of hydrogen-bond donors (Lipinski definition) is 0. The number of fused-ring (bicyclic) bond motifs is 1. The SMILES string of the molecule is CCN(CC)c1ccc2cc(-c3nc(C)cs3)c(=O)oc2c1. The molecule has 0 saturated carbocycles. The summed E-state index contributed by atoms with van der Waals surface area (Å²) in [5.41, 5.74) is 2.79. The molecule has 0 atom stereocenters. The van der Waals surface area contributed by atoms with Crippen molar-refractivity contribution < 1.29 is 4.42 Å². The van der Waals surface area contributed by atoms with Gasteiger partial charge in [-0.25, -0.2) is 9.78 Å². The molecule has 2 heterocycles. The summed E-state index contributed by atoms with van der Waals surface area (Å²) in [5, 5.41) is 3.56. The number of thiazole rings is 1. The van der Waals surface area contributed by atoms with E-state index in [0.29, 0.717) is 16.2 Å². The molecule has 0 N–H and O–H groups in total. The molecule has 0 aliphatic rings. The van der Waals surface area contributed by atoms with Gasteiger partial charge in [-0.05, 0) is 39.0 Å². The Bertz CT molecular complexity index is 862. The zero-order chi connectivity index (χ0) is 15.7. The fourth-order valence-electron chi connectivity index (χ4n) is 2.51. The lowest BCUT2D eigenvalue weighted by molar-refractivity contribution is 0.563. The summed E-state index contributed by atoms with van der Waals surface area (Å²) in [7, 11) is 0. The molecule has 0 amide bonds. The molecule has 0 bridgehead atoms. The average molecular weight is 314 g/mol. The van der Waals surface area contributed by atoms with Crippen molar-refractivity contribution in [3.05, 3.63) is 45.8 Å². The predicted molar refractivity (Wildman–Crippen MR) is 91.9 cm³/mol. The van der Waals surface area contributed by atoms with Crippen LogP contribution in [0, 0.1) is 6.92 Å². The zero-order valence-electron chi connectivity index (χ0n) is 12.9. The third kappa shape index (κ3) is 2.64. The number of benzene rings is 1. The molecule has 0 spiro atoms. The van der Waals surface area contributed by atoms with E-state index >= 15 is 0 Å². The molecule has 5 heteroatoms. The van der Waals surface area contributed by atoms with Crippen LogP contribution in [-0.4, -0.2) is 18.1 Å². The summed E-state index contributed by atoms with van der Waals surface area (Å²) in [5.74, 6) is 0. The Kier molecular flexibility index (Phi) is 3.98. The van der Waals surface area contributed by atoms with Gasteiger partial charge in [-0.1, -0.05) is 0 Å². The van der Waals surface area contributed by atoms with Crippen LogP contribution in [-0.2, 0) is 0 Å². The number of hydrogen-bond acceptors (Lipinski definition) is 5. The lowest BCUT2D eigenvalue weighted by atomic mass is 10.1. The van der Waals surface area contributed by atoms with E-state index in [1.165, 1.54) is 11.3 Å². The summed E-state index contributed by atoms with van der Waals surface area (Å²) in [6.07, 6.45) is 0. The van der Waals surface area contributed by atoms with E-state index in [1.54, 1.807) is 0 Å². The normalized spacial score (nSPS) is 11.0. The van der Waals surface area contributed by atoms with Gasteiger partial charge in [0, 0.05) is 41.3 Å². The molecular formula is C17H18N2O2S. The van der Waals surface area contributed by atoms with Crippen molar-refractivity contribution in [1.82, 2.24) is 4.98 Å². The number of nitrogens with zero attached hydrogens (tertiary/aromatic N) is 2. The van der Waals surface area contributed by atoms with E-state index in [4.69, 9.17) is 4.42 Å². The molecule has 0 unspecified atom stereocenters. The van der Waals surface area contributed by atoms with E-state index < -0.39 is 0 Å². The fourth-order valence-corrected chi connectivity index (χ4v) is 3.31. The summed E-state index contributed by atoms with van der Waals surface area (Å²) in [6.45, 7) is 7.97. The number of aromatic nitrogens is 1. The van der Waals surface area contributed by atoms with Crippen molar-refractivity contribution in [2.24, 2.45) is 0 Å². The Morgan fingerprint density at radius 1 is 1.23 bits per heavy atom. The van der Waals surface area contributed by atoms with Crippen LogP contribution >= 0.6 is 11.3 Å². The quantitative estimate of drug-likeness (QED) is 0.681. The minimum atomic E-state index is -0.335. The Labute approximate surface area is 133 Å². The number of rotatable bonds is 4. The molecule has 0 saturated heterocycles. The highest BCUT2D eigenvalue weighted by molar-refractivity contribution is 7.13. The molecule has 0 fully saturated rings. The monoisotopic (exact) mass is 314 g/mol. The molecule has 2 aromatic heterocycles. The first kappa shape index (κ1) is 14.8. The van der Waals surface area contributed by atoms with Crippen molar-refractivity contribution >= 4 is 28.0 Å². The minimum absolute atomic E-state index is 0.335. The third-order valence-corrected chi connectivity index (χ3v) is 4.69. The lowest BCUT2D eigenvalue weighted by Crippen LogP contribution is -2.21. The summed E-state index contributed by atoms with van der Waals surface area (Å²) in [6, 6.07) is 7.86. The maximum Gasteiger partial charge on any atom is 0.346 e. The van der Waals surface area contributed by atoms with Crippen molar-refractivity contribution in [2.75, 3.05) is 18.0 Å². The molecule has 0 aliphatic carbocycles. The van der Waals surface area contributed by atoms with Gasteiger partial charge < -0.3 is 9.32 Å². The first-order valence-electron chi connectivity index (χ1n) is 7.37. The highest BCUT2D eigenvalue weighted by Gasteiger charge is 2.12. The van der Waals surface area contributed by atoms with Crippen LogP contribution in [0.2, 0.25) is 0 Å². The van der Waals surface area contributed by atoms with Crippen LogP contribution in [0.15, 0.2) is 38.9 Å². The summed E-state index contributed by atoms with van der Waals surface area (Å²) in [4.78, 5) is 18.8. The van der Waals surface area contributed by atoms with Crippen LogP contribution < -0.4 is 10.5 Å². The van der Waals surface area contributed by atoms with Crippen molar-refractivity contribution in [3.63, 3.8) is 0 Å². The Balaban J connectivity index is 2.12. The fraction of sp³-hybridized carbons (Fsp3) is 0.294. The molecule has 22 heavy (non-hydrogen) atoms. The molecule has 4 nitrogen and oxygen atoms in total. The first-order valence-corrected chi connectivity index (χ1v) is 8.25. The van der Waals surface area contributed by atoms with Gasteiger partial charge in [0.15, 0.2) is 0 Å². The van der Waals surface area contributed by atoms with Gasteiger partial charge >= 0.3 is 5.63 Å². The molecule has 3 rings (SSSR count). The summed E-state index contributed by atoms with van der Waals surface area (Å²) >= 11 is 1.46. The second kappa shape index (κ2) is 5.93. The van der Waals surface area contributed by atoms with E-state index in [1.807, 2.05) is 30.5 Å². The second-order valence-electron chi connectivity index (χ2n) is 5.14. The van der Waals surface area contributed by atoms with Gasteiger partial charge in [0.1, 0.15) is 10.6 Å². The molecule has 0 radical (unpaired) electrons. The first-order chi connectivity index (χ1) is 10.6. The highest BCUT2D eigenvalue weighted by Crippen LogP contribution is 2.26. The van der Waals surface area contributed by atoms with E-state index in [2.05, 4.69) is 29.8 Å². The van der Waals surface area contributed by atoms with Crippen LogP contribution in [0.4, 0.5) is 5.69 Å².